The molecule has 1 amide bonds. The summed E-state index contributed by atoms with van der Waals surface area (Å²) in [5.41, 5.74) is 0.806. The lowest BCUT2D eigenvalue weighted by molar-refractivity contribution is -0.158. The van der Waals surface area contributed by atoms with Crippen LogP contribution >= 0.6 is 15.9 Å². The Morgan fingerprint density at radius 1 is 1.11 bits per heavy atom. The Morgan fingerprint density at radius 2 is 1.70 bits per heavy atom. The molecule has 1 atom stereocenters. The van der Waals surface area contributed by atoms with Gasteiger partial charge < -0.3 is 10.1 Å². The molecule has 150 valence electrons. The summed E-state index contributed by atoms with van der Waals surface area (Å²) in [5, 5.41) is 2.69. The number of hydrogen-bond acceptors (Lipinski definition) is 3. The van der Waals surface area contributed by atoms with E-state index in [1.165, 1.54) is 5.56 Å². The van der Waals surface area contributed by atoms with Crippen LogP contribution in [0.25, 0.3) is 0 Å². The lowest BCUT2D eigenvalue weighted by Gasteiger charge is -2.22. The molecule has 0 aromatic heterocycles. The van der Waals surface area contributed by atoms with Crippen LogP contribution in [-0.2, 0) is 20.7 Å². The van der Waals surface area contributed by atoms with Crippen LogP contribution in [0.5, 0.6) is 0 Å². The SMILES string of the molecule is CC(NC(=O)CCC/C=C/CCCc1ccc(Br)cc1)C(=O)OC(C)(C)C. The molecule has 0 aliphatic carbocycles. The van der Waals surface area contributed by atoms with Crippen molar-refractivity contribution in [2.45, 2.75) is 77.9 Å². The first-order chi connectivity index (χ1) is 12.7. The summed E-state index contributed by atoms with van der Waals surface area (Å²) < 4.78 is 6.36. The van der Waals surface area contributed by atoms with Crippen molar-refractivity contribution in [3.63, 3.8) is 0 Å². The third-order valence-electron chi connectivity index (χ3n) is 3.83. The first-order valence-electron chi connectivity index (χ1n) is 9.59. The number of allylic oxidation sites excluding steroid dienone is 2. The molecule has 1 aromatic rings. The minimum atomic E-state index is -0.620. The molecule has 0 radical (unpaired) electrons. The molecule has 0 heterocycles. The van der Waals surface area contributed by atoms with Gasteiger partial charge in [0, 0.05) is 10.9 Å². The minimum Gasteiger partial charge on any atom is -0.458 e. The van der Waals surface area contributed by atoms with Gasteiger partial charge in [-0.05, 0) is 77.5 Å². The average molecular weight is 438 g/mol. The fourth-order valence-electron chi connectivity index (χ4n) is 2.45. The highest BCUT2D eigenvalue weighted by atomic mass is 79.9. The molecule has 1 N–H and O–H groups in total. The van der Waals surface area contributed by atoms with Gasteiger partial charge >= 0.3 is 5.97 Å². The second-order valence-corrected chi connectivity index (χ2v) is 8.62. The maximum atomic E-state index is 11.9. The summed E-state index contributed by atoms with van der Waals surface area (Å²) in [5.74, 6) is -0.515. The van der Waals surface area contributed by atoms with E-state index in [2.05, 4.69) is 57.7 Å². The Morgan fingerprint density at radius 3 is 2.30 bits per heavy atom. The van der Waals surface area contributed by atoms with Gasteiger partial charge in [-0.2, -0.15) is 0 Å². The third kappa shape index (κ3) is 11.6. The van der Waals surface area contributed by atoms with E-state index in [9.17, 15) is 9.59 Å². The molecule has 0 aliphatic rings. The molecule has 0 fully saturated rings. The number of esters is 1. The first-order valence-corrected chi connectivity index (χ1v) is 10.4. The normalized spacial score (nSPS) is 12.8. The van der Waals surface area contributed by atoms with E-state index in [1.54, 1.807) is 6.92 Å². The number of ether oxygens (including phenoxy) is 1. The van der Waals surface area contributed by atoms with Crippen molar-refractivity contribution in [1.82, 2.24) is 5.32 Å². The highest BCUT2D eigenvalue weighted by molar-refractivity contribution is 9.10. The summed E-state index contributed by atoms with van der Waals surface area (Å²) in [7, 11) is 0. The van der Waals surface area contributed by atoms with Gasteiger partial charge in [-0.25, -0.2) is 4.79 Å². The fraction of sp³-hybridized carbons (Fsp3) is 0.545. The van der Waals surface area contributed by atoms with Gasteiger partial charge in [0.15, 0.2) is 0 Å². The third-order valence-corrected chi connectivity index (χ3v) is 4.36. The zero-order valence-electron chi connectivity index (χ0n) is 16.9. The van der Waals surface area contributed by atoms with Gasteiger partial charge in [-0.1, -0.05) is 40.2 Å². The van der Waals surface area contributed by atoms with E-state index in [4.69, 9.17) is 4.74 Å². The summed E-state index contributed by atoms with van der Waals surface area (Å²) in [6.45, 7) is 7.08. The van der Waals surface area contributed by atoms with Crippen LogP contribution in [0.1, 0.15) is 65.4 Å². The smallest absolute Gasteiger partial charge is 0.328 e. The number of unbranched alkanes of at least 4 members (excludes halogenated alkanes) is 2. The number of nitrogens with one attached hydrogen (secondary N) is 1. The van der Waals surface area contributed by atoms with Crippen molar-refractivity contribution in [1.29, 1.82) is 0 Å². The number of aryl methyl sites for hydroxylation is 1. The first kappa shape index (κ1) is 23.4. The molecule has 27 heavy (non-hydrogen) atoms. The standard InChI is InChI=1S/C22H32BrNO3/c1-17(21(26)27-22(2,3)4)24-20(25)12-10-8-6-5-7-9-11-18-13-15-19(23)16-14-18/h5-6,13-17H,7-12H2,1-4H3,(H,24,25)/b6-5+. The number of rotatable bonds is 10. The van der Waals surface area contributed by atoms with Gasteiger partial charge in [0.05, 0.1) is 0 Å². The van der Waals surface area contributed by atoms with Crippen molar-refractivity contribution in [2.75, 3.05) is 0 Å². The van der Waals surface area contributed by atoms with Crippen molar-refractivity contribution in [3.8, 4) is 0 Å². The Kier molecular flexibility index (Phi) is 10.4. The van der Waals surface area contributed by atoms with E-state index in [0.29, 0.717) is 6.42 Å². The van der Waals surface area contributed by atoms with Crippen LogP contribution < -0.4 is 5.32 Å². The molecular formula is C22H32BrNO3. The van der Waals surface area contributed by atoms with Crippen LogP contribution in [0.2, 0.25) is 0 Å². The zero-order valence-corrected chi connectivity index (χ0v) is 18.5. The van der Waals surface area contributed by atoms with Crippen molar-refractivity contribution < 1.29 is 14.3 Å². The quantitative estimate of drug-likeness (QED) is 0.305. The summed E-state index contributed by atoms with van der Waals surface area (Å²) in [6.07, 6.45) is 9.59. The topological polar surface area (TPSA) is 55.4 Å². The molecule has 5 heteroatoms. The number of benzene rings is 1. The number of halogens is 1. The number of hydrogen-bond donors (Lipinski definition) is 1. The van der Waals surface area contributed by atoms with Gasteiger partial charge in [-0.15, -0.1) is 0 Å². The van der Waals surface area contributed by atoms with E-state index < -0.39 is 17.6 Å². The highest BCUT2D eigenvalue weighted by Gasteiger charge is 2.22. The molecule has 0 spiro atoms. The Hall–Kier alpha value is -1.62. The van der Waals surface area contributed by atoms with Gasteiger partial charge in [-0.3, -0.25) is 4.79 Å². The van der Waals surface area contributed by atoms with Crippen LogP contribution in [0, 0.1) is 0 Å². The summed E-state index contributed by atoms with van der Waals surface area (Å²) in [4.78, 5) is 23.7. The van der Waals surface area contributed by atoms with Crippen molar-refractivity contribution in [3.05, 3.63) is 46.5 Å². The van der Waals surface area contributed by atoms with Crippen molar-refractivity contribution in [2.24, 2.45) is 0 Å². The maximum absolute atomic E-state index is 11.9. The second kappa shape index (κ2) is 12.0. The second-order valence-electron chi connectivity index (χ2n) is 7.70. The molecule has 0 bridgehead atoms. The molecule has 1 rings (SSSR count). The van der Waals surface area contributed by atoms with Crippen LogP contribution in [-0.4, -0.2) is 23.5 Å². The van der Waals surface area contributed by atoms with E-state index >= 15 is 0 Å². The lowest BCUT2D eigenvalue weighted by atomic mass is 10.1. The predicted molar refractivity (Wildman–Crippen MR) is 114 cm³/mol. The summed E-state index contributed by atoms with van der Waals surface area (Å²) >= 11 is 3.44. The minimum absolute atomic E-state index is 0.114. The molecule has 0 aliphatic heterocycles. The molecular weight excluding hydrogens is 406 g/mol. The monoisotopic (exact) mass is 437 g/mol. The van der Waals surface area contributed by atoms with Crippen LogP contribution in [0.4, 0.5) is 0 Å². The van der Waals surface area contributed by atoms with Gasteiger partial charge in [0.1, 0.15) is 11.6 Å². The van der Waals surface area contributed by atoms with Crippen molar-refractivity contribution >= 4 is 27.8 Å². The molecule has 4 nitrogen and oxygen atoms in total. The predicted octanol–water partition coefficient (Wildman–Crippen LogP) is 5.34. The lowest BCUT2D eigenvalue weighted by Crippen LogP contribution is -2.42. The Balaban J connectivity index is 2.11. The largest absolute Gasteiger partial charge is 0.458 e. The molecule has 1 aromatic carbocycles. The Bertz CT molecular complexity index is 617. The number of carbonyl (C=O) groups is 2. The highest BCUT2D eigenvalue weighted by Crippen LogP contribution is 2.13. The Labute approximate surface area is 171 Å². The average Bonchev–Trinajstić information content (AvgIpc) is 2.57. The van der Waals surface area contributed by atoms with Gasteiger partial charge in [0.2, 0.25) is 5.91 Å². The fourth-order valence-corrected chi connectivity index (χ4v) is 2.72. The maximum Gasteiger partial charge on any atom is 0.328 e. The number of carbonyl (C=O) groups excluding carboxylic acids is 2. The zero-order chi connectivity index (χ0) is 20.3. The van der Waals surface area contributed by atoms with E-state index in [0.717, 1.165) is 36.6 Å². The summed E-state index contributed by atoms with van der Waals surface area (Å²) in [6, 6.07) is 7.81. The van der Waals surface area contributed by atoms with E-state index in [1.807, 2.05) is 20.8 Å². The molecule has 1 unspecified atom stereocenters. The van der Waals surface area contributed by atoms with E-state index in [-0.39, 0.29) is 5.91 Å². The molecule has 0 saturated carbocycles. The van der Waals surface area contributed by atoms with Crippen LogP contribution in [0.15, 0.2) is 40.9 Å². The van der Waals surface area contributed by atoms with Crippen LogP contribution in [0.3, 0.4) is 0 Å². The van der Waals surface area contributed by atoms with Gasteiger partial charge in [0.25, 0.3) is 0 Å². The number of amides is 1. The molecule has 0 saturated heterocycles.